The van der Waals surface area contributed by atoms with Crippen molar-refractivity contribution >= 4 is 16.4 Å². The van der Waals surface area contributed by atoms with E-state index < -0.39 is 16.4 Å². The van der Waals surface area contributed by atoms with Crippen molar-refractivity contribution in [2.24, 2.45) is 5.73 Å². The highest BCUT2D eigenvalue weighted by molar-refractivity contribution is 6.76. The molecule has 0 rings (SSSR count). The van der Waals surface area contributed by atoms with Gasteiger partial charge in [0.2, 0.25) is 0 Å². The van der Waals surface area contributed by atoms with Crippen molar-refractivity contribution in [3.63, 3.8) is 0 Å². The molecule has 0 bridgehead atoms. The first-order chi connectivity index (χ1) is 7.12. The van der Waals surface area contributed by atoms with Crippen LogP contribution in [-0.4, -0.2) is 30.0 Å². The molecular weight excluding hydrogens is 230 g/mol. The van der Waals surface area contributed by atoms with Gasteiger partial charge >= 0.3 is 0 Å². The highest BCUT2D eigenvalue weighted by Crippen LogP contribution is 2.09. The van der Waals surface area contributed by atoms with Gasteiger partial charge in [-0.15, -0.1) is 0 Å². The summed E-state index contributed by atoms with van der Waals surface area (Å²) in [6, 6.07) is 1.38. The van der Waals surface area contributed by atoms with Crippen molar-refractivity contribution in [2.45, 2.75) is 65.6 Å². The number of hydrogen-bond donors (Lipinski definition) is 1. The zero-order valence-corrected chi connectivity index (χ0v) is 15.1. The first-order valence-corrected chi connectivity index (χ1v) is 13.5. The zero-order valence-electron chi connectivity index (χ0n) is 13.1. The molecule has 0 atom stereocenters. The Hall–Kier alpha value is 0.354. The Morgan fingerprint density at radius 1 is 0.938 bits per heavy atom. The maximum Gasteiger partial charge on any atom is 0.183 e. The summed E-state index contributed by atoms with van der Waals surface area (Å²) >= 11 is 0. The van der Waals surface area contributed by atoms with Crippen LogP contribution < -0.4 is 5.73 Å². The quantitative estimate of drug-likeness (QED) is 0.774. The van der Waals surface area contributed by atoms with Crippen molar-refractivity contribution in [1.29, 1.82) is 0 Å². The summed E-state index contributed by atoms with van der Waals surface area (Å²) in [4.78, 5) is 0. The van der Waals surface area contributed by atoms with Gasteiger partial charge in [-0.3, -0.25) is 0 Å². The Kier molecular flexibility index (Phi) is 16.0. The molecular formula is C12H35NOSi2. The summed E-state index contributed by atoms with van der Waals surface area (Å²) < 4.78 is 5.08. The molecule has 0 aliphatic carbocycles. The SMILES string of the molecule is CC.CO[Si](C)(C)C.C[Si](C)(C)CCCN. The summed E-state index contributed by atoms with van der Waals surface area (Å²) in [6.45, 7) is 18.5. The van der Waals surface area contributed by atoms with Crippen molar-refractivity contribution in [2.75, 3.05) is 13.7 Å². The first-order valence-electron chi connectivity index (χ1n) is 6.37. The molecule has 0 aromatic heterocycles. The Morgan fingerprint density at radius 3 is 1.31 bits per heavy atom. The lowest BCUT2D eigenvalue weighted by Gasteiger charge is -2.13. The summed E-state index contributed by atoms with van der Waals surface area (Å²) in [5.41, 5.74) is 5.36. The number of nitrogens with two attached hydrogens (primary N) is 1. The molecule has 0 aromatic carbocycles. The van der Waals surface area contributed by atoms with Gasteiger partial charge in [-0.2, -0.15) is 0 Å². The van der Waals surface area contributed by atoms with Crippen LogP contribution in [0.4, 0.5) is 0 Å². The van der Waals surface area contributed by atoms with Crippen LogP contribution in [0.1, 0.15) is 20.3 Å². The van der Waals surface area contributed by atoms with Gasteiger partial charge in [-0.25, -0.2) is 0 Å². The van der Waals surface area contributed by atoms with Gasteiger partial charge in [0.1, 0.15) is 0 Å². The third-order valence-electron chi connectivity index (χ3n) is 1.74. The largest absolute Gasteiger partial charge is 0.421 e. The molecule has 0 aromatic rings. The van der Waals surface area contributed by atoms with E-state index in [9.17, 15) is 0 Å². The normalized spacial score (nSPS) is 10.9. The van der Waals surface area contributed by atoms with E-state index in [1.807, 2.05) is 13.8 Å². The minimum absolute atomic E-state index is 0.758. The molecule has 0 unspecified atom stereocenters. The van der Waals surface area contributed by atoms with Gasteiger partial charge < -0.3 is 10.2 Å². The van der Waals surface area contributed by atoms with Crippen LogP contribution in [0.3, 0.4) is 0 Å². The van der Waals surface area contributed by atoms with Crippen molar-refractivity contribution in [3.05, 3.63) is 0 Å². The van der Waals surface area contributed by atoms with Gasteiger partial charge in [0, 0.05) is 15.2 Å². The van der Waals surface area contributed by atoms with E-state index in [2.05, 4.69) is 39.3 Å². The Bertz CT molecular complexity index is 128. The molecule has 0 amide bonds. The summed E-state index contributed by atoms with van der Waals surface area (Å²) in [6.07, 6.45) is 1.22. The molecule has 0 aliphatic rings. The van der Waals surface area contributed by atoms with Crippen LogP contribution in [0.15, 0.2) is 0 Å². The lowest BCUT2D eigenvalue weighted by atomic mass is 10.5. The van der Waals surface area contributed by atoms with Crippen LogP contribution in [0.25, 0.3) is 0 Å². The standard InChI is InChI=1S/C6H17NSi.C4H12OSi.C2H6/c1-8(2,3)6-4-5-7;1-5-6(2,3)4;1-2/h4-7H2,1-3H3;1-4H3;1-2H3. The Balaban J connectivity index is -0.000000188. The van der Waals surface area contributed by atoms with Crippen molar-refractivity contribution in [1.82, 2.24) is 0 Å². The zero-order chi connectivity index (χ0) is 13.8. The fraction of sp³-hybridized carbons (Fsp3) is 1.00. The average molecular weight is 266 g/mol. The van der Waals surface area contributed by atoms with Gasteiger partial charge in [0.05, 0.1) is 0 Å². The molecule has 2 N–H and O–H groups in total. The van der Waals surface area contributed by atoms with E-state index in [1.54, 1.807) is 7.11 Å². The third kappa shape index (κ3) is 36.7. The molecule has 2 nitrogen and oxygen atoms in total. The fourth-order valence-electron chi connectivity index (χ4n) is 0.632. The minimum Gasteiger partial charge on any atom is -0.421 e. The number of hydrogen-bond acceptors (Lipinski definition) is 2. The predicted octanol–water partition coefficient (Wildman–Crippen LogP) is 4.17. The molecule has 0 spiro atoms. The number of rotatable bonds is 4. The molecule has 0 radical (unpaired) electrons. The van der Waals surface area contributed by atoms with Crippen molar-refractivity contribution in [3.8, 4) is 0 Å². The van der Waals surface area contributed by atoms with Gasteiger partial charge in [-0.1, -0.05) is 39.5 Å². The Labute approximate surface area is 106 Å². The highest BCUT2D eigenvalue weighted by Gasteiger charge is 2.10. The van der Waals surface area contributed by atoms with Crippen molar-refractivity contribution < 1.29 is 4.43 Å². The van der Waals surface area contributed by atoms with E-state index >= 15 is 0 Å². The van der Waals surface area contributed by atoms with E-state index in [-0.39, 0.29) is 0 Å². The molecule has 0 saturated carbocycles. The highest BCUT2D eigenvalue weighted by atomic mass is 28.4. The second-order valence-electron chi connectivity index (χ2n) is 5.77. The van der Waals surface area contributed by atoms with E-state index in [0.29, 0.717) is 0 Å². The first kappa shape index (κ1) is 21.6. The van der Waals surface area contributed by atoms with Crippen LogP contribution in [0.2, 0.25) is 45.3 Å². The van der Waals surface area contributed by atoms with Crippen LogP contribution in [0.5, 0.6) is 0 Å². The molecule has 102 valence electrons. The summed E-state index contributed by atoms with van der Waals surface area (Å²) in [7, 11) is -0.119. The smallest absolute Gasteiger partial charge is 0.183 e. The van der Waals surface area contributed by atoms with E-state index in [1.165, 1.54) is 12.5 Å². The molecule has 0 saturated heterocycles. The predicted molar refractivity (Wildman–Crippen MR) is 83.5 cm³/mol. The minimum atomic E-state index is -1.13. The maximum atomic E-state index is 5.36. The topological polar surface area (TPSA) is 35.2 Å². The second kappa shape index (κ2) is 11.8. The van der Waals surface area contributed by atoms with Crippen LogP contribution in [0, 0.1) is 0 Å². The molecule has 16 heavy (non-hydrogen) atoms. The fourth-order valence-corrected chi connectivity index (χ4v) is 1.90. The monoisotopic (exact) mass is 265 g/mol. The second-order valence-corrected chi connectivity index (χ2v) is 16.0. The van der Waals surface area contributed by atoms with Gasteiger partial charge in [-0.05, 0) is 32.6 Å². The summed E-state index contributed by atoms with van der Waals surface area (Å²) in [5.74, 6) is 0. The van der Waals surface area contributed by atoms with Gasteiger partial charge in [0.15, 0.2) is 8.32 Å². The molecule has 0 fully saturated rings. The van der Waals surface area contributed by atoms with Gasteiger partial charge in [0.25, 0.3) is 0 Å². The van der Waals surface area contributed by atoms with E-state index in [4.69, 9.17) is 10.2 Å². The summed E-state index contributed by atoms with van der Waals surface area (Å²) in [5, 5.41) is 0. The Morgan fingerprint density at radius 2 is 1.25 bits per heavy atom. The molecule has 4 heteroatoms. The lowest BCUT2D eigenvalue weighted by molar-refractivity contribution is 0.411. The molecule has 0 aliphatic heterocycles. The average Bonchev–Trinajstić information content (AvgIpc) is 2.17. The van der Waals surface area contributed by atoms with Crippen LogP contribution in [-0.2, 0) is 4.43 Å². The lowest BCUT2D eigenvalue weighted by Crippen LogP contribution is -2.22. The van der Waals surface area contributed by atoms with Crippen LogP contribution >= 0.6 is 0 Å². The molecule has 0 heterocycles. The van der Waals surface area contributed by atoms with E-state index in [0.717, 1.165) is 6.54 Å². The maximum absolute atomic E-state index is 5.36. The third-order valence-corrected chi connectivity index (χ3v) is 4.82.